The molecule has 0 aliphatic carbocycles. The number of hydrazine groups is 1. The van der Waals surface area contributed by atoms with Crippen molar-refractivity contribution in [1.82, 2.24) is 10.4 Å². The molecule has 154 valence electrons. The zero-order valence-electron chi connectivity index (χ0n) is 16.4. The Hall–Kier alpha value is -3.84. The summed E-state index contributed by atoms with van der Waals surface area (Å²) in [5.41, 5.74) is 4.67. The van der Waals surface area contributed by atoms with Gasteiger partial charge in [-0.15, -0.1) is 0 Å². The SMILES string of the molecule is O=C(Cc1ccccc1)NN1C(=O)C(=Cc2ccccc2O)SC1=Nc1ccccc1. The van der Waals surface area contributed by atoms with Crippen LogP contribution in [0, 0.1) is 0 Å². The molecule has 0 radical (unpaired) electrons. The summed E-state index contributed by atoms with van der Waals surface area (Å²) >= 11 is 1.14. The molecule has 3 aromatic rings. The van der Waals surface area contributed by atoms with Crippen molar-refractivity contribution in [3.8, 4) is 5.75 Å². The maximum absolute atomic E-state index is 13.1. The van der Waals surface area contributed by atoms with Gasteiger partial charge in [0.05, 0.1) is 17.0 Å². The maximum atomic E-state index is 13.1. The van der Waals surface area contributed by atoms with Crippen molar-refractivity contribution in [2.75, 3.05) is 0 Å². The van der Waals surface area contributed by atoms with Crippen LogP contribution in [-0.2, 0) is 16.0 Å². The fourth-order valence-electron chi connectivity index (χ4n) is 2.96. The molecule has 1 aliphatic heterocycles. The number of para-hydroxylation sites is 2. The second-order valence-electron chi connectivity index (χ2n) is 6.74. The number of carbonyl (C=O) groups is 2. The van der Waals surface area contributed by atoms with Gasteiger partial charge in [-0.05, 0) is 41.6 Å². The Kier molecular flexibility index (Phi) is 6.14. The Morgan fingerprint density at radius 3 is 2.32 bits per heavy atom. The summed E-state index contributed by atoms with van der Waals surface area (Å²) in [5.74, 6) is -0.675. The number of aromatic hydroxyl groups is 1. The summed E-state index contributed by atoms with van der Waals surface area (Å²) in [4.78, 5) is 30.5. The Labute approximate surface area is 183 Å². The van der Waals surface area contributed by atoms with E-state index in [4.69, 9.17) is 0 Å². The molecule has 1 saturated heterocycles. The third kappa shape index (κ3) is 5.02. The fraction of sp³-hybridized carbons (Fsp3) is 0.0417. The standard InChI is InChI=1S/C24H19N3O3S/c28-20-14-8-7-11-18(20)16-21-23(30)27(24(31-21)25-19-12-5-2-6-13-19)26-22(29)15-17-9-3-1-4-10-17/h1-14,16,28H,15H2,(H,26,29). The lowest BCUT2D eigenvalue weighted by molar-refractivity contribution is -0.132. The van der Waals surface area contributed by atoms with Crippen molar-refractivity contribution < 1.29 is 14.7 Å². The summed E-state index contributed by atoms with van der Waals surface area (Å²) in [6, 6.07) is 25.2. The Balaban J connectivity index is 1.62. The number of amidine groups is 1. The molecule has 2 N–H and O–H groups in total. The number of nitrogens with zero attached hydrogens (tertiary/aromatic N) is 2. The lowest BCUT2D eigenvalue weighted by atomic mass is 10.1. The minimum atomic E-state index is -0.413. The van der Waals surface area contributed by atoms with Crippen LogP contribution in [0.25, 0.3) is 6.08 Å². The van der Waals surface area contributed by atoms with E-state index in [2.05, 4.69) is 10.4 Å². The van der Waals surface area contributed by atoms with Gasteiger partial charge >= 0.3 is 0 Å². The number of phenolic OH excluding ortho intramolecular Hbond substituents is 1. The molecular weight excluding hydrogens is 410 g/mol. The highest BCUT2D eigenvalue weighted by atomic mass is 32.2. The first kappa shape index (κ1) is 20.4. The molecule has 6 nitrogen and oxygen atoms in total. The van der Waals surface area contributed by atoms with E-state index >= 15 is 0 Å². The number of hydrogen-bond acceptors (Lipinski definition) is 5. The molecule has 0 aromatic heterocycles. The lowest BCUT2D eigenvalue weighted by Crippen LogP contribution is -2.46. The summed E-state index contributed by atoms with van der Waals surface area (Å²) in [5, 5.41) is 11.5. The van der Waals surface area contributed by atoms with Crippen molar-refractivity contribution in [1.29, 1.82) is 0 Å². The number of phenols is 1. The van der Waals surface area contributed by atoms with Gasteiger partial charge in [0.25, 0.3) is 5.91 Å². The molecule has 0 saturated carbocycles. The van der Waals surface area contributed by atoms with Crippen LogP contribution in [0.15, 0.2) is 94.8 Å². The molecule has 1 fully saturated rings. The van der Waals surface area contributed by atoms with Crippen LogP contribution in [0.1, 0.15) is 11.1 Å². The van der Waals surface area contributed by atoms with Gasteiger partial charge in [0.2, 0.25) is 5.91 Å². The Morgan fingerprint density at radius 2 is 1.61 bits per heavy atom. The van der Waals surface area contributed by atoms with Crippen molar-refractivity contribution in [3.05, 3.63) is 101 Å². The van der Waals surface area contributed by atoms with Crippen molar-refractivity contribution in [2.45, 2.75) is 6.42 Å². The van der Waals surface area contributed by atoms with E-state index in [-0.39, 0.29) is 18.1 Å². The summed E-state index contributed by atoms with van der Waals surface area (Å²) < 4.78 is 0. The molecule has 0 unspecified atom stereocenters. The van der Waals surface area contributed by atoms with E-state index in [1.165, 1.54) is 0 Å². The van der Waals surface area contributed by atoms with Crippen LogP contribution < -0.4 is 5.43 Å². The number of rotatable bonds is 5. The van der Waals surface area contributed by atoms with Gasteiger partial charge in [-0.25, -0.2) is 4.99 Å². The van der Waals surface area contributed by atoms with E-state index < -0.39 is 5.91 Å². The van der Waals surface area contributed by atoms with Gasteiger partial charge in [-0.3, -0.25) is 15.0 Å². The molecular formula is C24H19N3O3S. The number of thioether (sulfide) groups is 1. The van der Waals surface area contributed by atoms with Crippen LogP contribution in [-0.4, -0.2) is 27.1 Å². The number of carbonyl (C=O) groups excluding carboxylic acids is 2. The molecule has 1 heterocycles. The number of benzene rings is 3. The molecule has 3 aromatic carbocycles. The second-order valence-corrected chi connectivity index (χ2v) is 7.75. The summed E-state index contributed by atoms with van der Waals surface area (Å²) in [6.07, 6.45) is 1.72. The first-order chi connectivity index (χ1) is 15.1. The van der Waals surface area contributed by atoms with Gasteiger partial charge in [-0.2, -0.15) is 5.01 Å². The van der Waals surface area contributed by atoms with E-state index in [9.17, 15) is 14.7 Å². The van der Waals surface area contributed by atoms with Crippen molar-refractivity contribution >= 4 is 40.5 Å². The Bertz CT molecular complexity index is 1160. The van der Waals surface area contributed by atoms with Crippen LogP contribution in [0.5, 0.6) is 5.75 Å². The highest BCUT2D eigenvalue weighted by Crippen LogP contribution is 2.34. The zero-order chi connectivity index (χ0) is 21.6. The first-order valence-corrected chi connectivity index (χ1v) is 10.4. The molecule has 2 amide bonds. The monoisotopic (exact) mass is 429 g/mol. The molecule has 31 heavy (non-hydrogen) atoms. The predicted molar refractivity (Wildman–Crippen MR) is 122 cm³/mol. The van der Waals surface area contributed by atoms with E-state index in [0.29, 0.717) is 21.3 Å². The van der Waals surface area contributed by atoms with E-state index in [1.54, 1.807) is 30.3 Å². The molecule has 0 atom stereocenters. The Morgan fingerprint density at radius 1 is 0.968 bits per heavy atom. The zero-order valence-corrected chi connectivity index (χ0v) is 17.3. The number of amides is 2. The van der Waals surface area contributed by atoms with E-state index in [1.807, 2.05) is 60.7 Å². The van der Waals surface area contributed by atoms with E-state index in [0.717, 1.165) is 22.3 Å². The van der Waals surface area contributed by atoms with Gasteiger partial charge in [-0.1, -0.05) is 66.7 Å². The van der Waals surface area contributed by atoms with Crippen LogP contribution in [0.3, 0.4) is 0 Å². The molecule has 0 spiro atoms. The second kappa shape index (κ2) is 9.32. The molecule has 0 bridgehead atoms. The van der Waals surface area contributed by atoms with Crippen LogP contribution in [0.2, 0.25) is 0 Å². The third-order valence-corrected chi connectivity index (χ3v) is 5.42. The van der Waals surface area contributed by atoms with Gasteiger partial charge in [0.1, 0.15) is 5.75 Å². The molecule has 1 aliphatic rings. The minimum absolute atomic E-state index is 0.0662. The lowest BCUT2D eigenvalue weighted by Gasteiger charge is -2.16. The highest BCUT2D eigenvalue weighted by molar-refractivity contribution is 8.18. The minimum Gasteiger partial charge on any atom is -0.507 e. The van der Waals surface area contributed by atoms with Crippen LogP contribution in [0.4, 0.5) is 5.69 Å². The maximum Gasteiger partial charge on any atom is 0.285 e. The number of hydrogen-bond donors (Lipinski definition) is 2. The van der Waals surface area contributed by atoms with Crippen molar-refractivity contribution in [2.24, 2.45) is 4.99 Å². The molecule has 7 heteroatoms. The predicted octanol–water partition coefficient (Wildman–Crippen LogP) is 4.27. The van der Waals surface area contributed by atoms with Gasteiger partial charge < -0.3 is 5.11 Å². The number of aliphatic imine (C=N–C) groups is 1. The smallest absolute Gasteiger partial charge is 0.285 e. The fourth-order valence-corrected chi connectivity index (χ4v) is 3.89. The molecule has 4 rings (SSSR count). The average Bonchev–Trinajstić information content (AvgIpc) is 3.05. The normalized spacial score (nSPS) is 16.1. The van der Waals surface area contributed by atoms with Gasteiger partial charge in [0.15, 0.2) is 5.17 Å². The average molecular weight is 430 g/mol. The highest BCUT2D eigenvalue weighted by Gasteiger charge is 2.35. The largest absolute Gasteiger partial charge is 0.507 e. The van der Waals surface area contributed by atoms with Crippen LogP contribution >= 0.6 is 11.8 Å². The van der Waals surface area contributed by atoms with Crippen molar-refractivity contribution in [3.63, 3.8) is 0 Å². The van der Waals surface area contributed by atoms with Gasteiger partial charge in [0, 0.05) is 5.56 Å². The third-order valence-electron chi connectivity index (χ3n) is 4.45. The number of nitrogens with one attached hydrogen (secondary N) is 1. The summed E-state index contributed by atoms with van der Waals surface area (Å²) in [7, 11) is 0. The first-order valence-electron chi connectivity index (χ1n) is 9.59. The quantitative estimate of drug-likeness (QED) is 0.594. The topological polar surface area (TPSA) is 82.0 Å². The summed E-state index contributed by atoms with van der Waals surface area (Å²) in [6.45, 7) is 0.